The van der Waals surface area contributed by atoms with Crippen LogP contribution in [0.1, 0.15) is 27.2 Å². The van der Waals surface area contributed by atoms with Crippen molar-refractivity contribution in [2.24, 2.45) is 11.3 Å². The highest BCUT2D eigenvalue weighted by Gasteiger charge is 2.48. The fourth-order valence-corrected chi connectivity index (χ4v) is 2.79. The molecule has 1 fully saturated rings. The van der Waals surface area contributed by atoms with Crippen molar-refractivity contribution in [2.45, 2.75) is 33.2 Å². The predicted molar refractivity (Wildman–Crippen MR) is 77.6 cm³/mol. The Bertz CT molecular complexity index is 371. The number of hydrogen-bond donors (Lipinski definition) is 2. The fraction of sp³-hybridized carbons (Fsp3) is 0.857. The van der Waals surface area contributed by atoms with E-state index in [2.05, 4.69) is 5.32 Å². The van der Waals surface area contributed by atoms with E-state index in [-0.39, 0.29) is 18.0 Å². The van der Waals surface area contributed by atoms with Crippen LogP contribution < -0.4 is 5.32 Å². The van der Waals surface area contributed by atoms with E-state index in [0.29, 0.717) is 19.5 Å². The minimum absolute atomic E-state index is 0.0111. The lowest BCUT2D eigenvalue weighted by Gasteiger charge is -2.29. The van der Waals surface area contributed by atoms with E-state index in [4.69, 9.17) is 0 Å². The van der Waals surface area contributed by atoms with Crippen LogP contribution in [0.2, 0.25) is 0 Å². The molecule has 0 spiro atoms. The van der Waals surface area contributed by atoms with Gasteiger partial charge in [-0.1, -0.05) is 13.8 Å². The van der Waals surface area contributed by atoms with Gasteiger partial charge in [-0.25, -0.2) is 4.79 Å². The molecule has 1 aliphatic heterocycles. The summed E-state index contributed by atoms with van der Waals surface area (Å²) >= 11 is 0. The van der Waals surface area contributed by atoms with Gasteiger partial charge in [0.25, 0.3) is 0 Å². The molecule has 1 rings (SSSR count). The van der Waals surface area contributed by atoms with Crippen LogP contribution in [0.3, 0.4) is 0 Å². The van der Waals surface area contributed by atoms with Crippen molar-refractivity contribution in [1.29, 1.82) is 0 Å². The van der Waals surface area contributed by atoms with Crippen molar-refractivity contribution >= 4 is 12.0 Å². The number of rotatable bonds is 5. The minimum Gasteiger partial charge on any atom is -0.481 e. The Labute approximate surface area is 121 Å². The zero-order valence-corrected chi connectivity index (χ0v) is 13.1. The molecule has 2 amide bonds. The van der Waals surface area contributed by atoms with Gasteiger partial charge in [0.2, 0.25) is 0 Å². The van der Waals surface area contributed by atoms with Crippen molar-refractivity contribution in [1.82, 2.24) is 15.1 Å². The normalized spacial score (nSPS) is 24.2. The smallest absolute Gasteiger partial charge is 0.317 e. The summed E-state index contributed by atoms with van der Waals surface area (Å²) in [5, 5.41) is 12.4. The Morgan fingerprint density at radius 3 is 2.35 bits per heavy atom. The van der Waals surface area contributed by atoms with Gasteiger partial charge in [-0.2, -0.15) is 0 Å². The van der Waals surface area contributed by atoms with Crippen molar-refractivity contribution in [3.8, 4) is 0 Å². The third-order valence-electron chi connectivity index (χ3n) is 4.13. The number of amides is 2. The largest absolute Gasteiger partial charge is 0.481 e. The average Bonchev–Trinajstić information content (AvgIpc) is 2.73. The lowest BCUT2D eigenvalue weighted by molar-refractivity contribution is -0.150. The maximum Gasteiger partial charge on any atom is 0.317 e. The van der Waals surface area contributed by atoms with E-state index in [0.717, 1.165) is 6.54 Å². The summed E-state index contributed by atoms with van der Waals surface area (Å²) in [6, 6.07) is -0.125. The summed E-state index contributed by atoms with van der Waals surface area (Å²) in [4.78, 5) is 27.3. The molecule has 0 radical (unpaired) electrons. The monoisotopic (exact) mass is 285 g/mol. The number of carboxylic acid groups (broad SMARTS) is 1. The Balaban J connectivity index is 2.63. The van der Waals surface area contributed by atoms with Crippen LogP contribution >= 0.6 is 0 Å². The number of likely N-dealkylation sites (N-methyl/N-ethyl adjacent to an activating group) is 1. The number of nitrogens with one attached hydrogen (secondary N) is 1. The maximum absolute atomic E-state index is 12.2. The number of carboxylic acids is 1. The van der Waals surface area contributed by atoms with E-state index in [1.165, 1.54) is 0 Å². The summed E-state index contributed by atoms with van der Waals surface area (Å²) in [5.74, 6) is -0.791. The number of aliphatic carboxylic acids is 1. The molecular weight excluding hydrogens is 258 g/mol. The molecule has 1 aliphatic rings. The number of carbonyl (C=O) groups excluding carboxylic acids is 1. The number of hydrogen-bond acceptors (Lipinski definition) is 3. The van der Waals surface area contributed by atoms with Crippen LogP contribution in [-0.2, 0) is 4.79 Å². The van der Waals surface area contributed by atoms with Gasteiger partial charge in [-0.3, -0.25) is 4.79 Å². The standard InChI is InChI=1S/C14H27N3O3/c1-10(2)14(12(18)19)6-7-17(9-14)13(20)15-11(3)8-16(4)5/h10-11H,6-9H2,1-5H3,(H,15,20)(H,18,19). The van der Waals surface area contributed by atoms with Crippen LogP contribution in [0.15, 0.2) is 0 Å². The number of carbonyl (C=O) groups is 2. The quantitative estimate of drug-likeness (QED) is 0.793. The molecule has 6 heteroatoms. The first kappa shape index (κ1) is 16.8. The van der Waals surface area contributed by atoms with E-state index in [1.54, 1.807) is 4.90 Å². The van der Waals surface area contributed by atoms with E-state index in [9.17, 15) is 14.7 Å². The zero-order chi connectivity index (χ0) is 15.5. The van der Waals surface area contributed by atoms with E-state index < -0.39 is 11.4 Å². The summed E-state index contributed by atoms with van der Waals surface area (Å²) in [6.45, 7) is 7.31. The first-order valence-corrected chi connectivity index (χ1v) is 7.12. The molecule has 0 bridgehead atoms. The molecule has 20 heavy (non-hydrogen) atoms. The predicted octanol–water partition coefficient (Wildman–Crippen LogP) is 1.08. The third-order valence-corrected chi connectivity index (χ3v) is 4.13. The third kappa shape index (κ3) is 3.62. The second-order valence-corrected chi connectivity index (χ2v) is 6.40. The molecule has 6 nitrogen and oxygen atoms in total. The molecule has 0 aromatic heterocycles. The van der Waals surface area contributed by atoms with E-state index in [1.807, 2.05) is 39.8 Å². The Morgan fingerprint density at radius 2 is 1.95 bits per heavy atom. The maximum atomic E-state index is 12.2. The molecule has 116 valence electrons. The van der Waals surface area contributed by atoms with Crippen LogP contribution in [0.5, 0.6) is 0 Å². The van der Waals surface area contributed by atoms with Crippen LogP contribution in [0.25, 0.3) is 0 Å². The zero-order valence-electron chi connectivity index (χ0n) is 13.1. The Morgan fingerprint density at radius 1 is 1.35 bits per heavy atom. The second kappa shape index (κ2) is 6.43. The second-order valence-electron chi connectivity index (χ2n) is 6.40. The first-order chi connectivity index (χ1) is 9.19. The summed E-state index contributed by atoms with van der Waals surface area (Å²) in [7, 11) is 3.90. The van der Waals surface area contributed by atoms with Gasteiger partial charge in [-0.15, -0.1) is 0 Å². The molecule has 2 N–H and O–H groups in total. The molecule has 0 aromatic rings. The molecule has 0 saturated carbocycles. The van der Waals surface area contributed by atoms with Gasteiger partial charge < -0.3 is 20.2 Å². The molecule has 1 saturated heterocycles. The van der Waals surface area contributed by atoms with Gasteiger partial charge in [0.05, 0.1) is 5.41 Å². The van der Waals surface area contributed by atoms with Crippen LogP contribution in [0, 0.1) is 11.3 Å². The molecule has 2 unspecified atom stereocenters. The highest BCUT2D eigenvalue weighted by molar-refractivity contribution is 5.80. The van der Waals surface area contributed by atoms with Gasteiger partial charge >= 0.3 is 12.0 Å². The van der Waals surface area contributed by atoms with Crippen molar-refractivity contribution in [3.05, 3.63) is 0 Å². The molecule has 1 heterocycles. The molecule has 0 aromatic carbocycles. The SMILES string of the molecule is CC(CN(C)C)NC(=O)N1CCC(C(=O)O)(C(C)C)C1. The van der Waals surface area contributed by atoms with Gasteiger partial charge in [0, 0.05) is 25.7 Å². The molecular formula is C14H27N3O3. The minimum atomic E-state index is -0.803. The van der Waals surface area contributed by atoms with Crippen molar-refractivity contribution < 1.29 is 14.7 Å². The average molecular weight is 285 g/mol. The number of nitrogens with zero attached hydrogens (tertiary/aromatic N) is 2. The summed E-state index contributed by atoms with van der Waals surface area (Å²) < 4.78 is 0. The lowest BCUT2D eigenvalue weighted by atomic mass is 9.76. The summed E-state index contributed by atoms with van der Waals surface area (Å²) in [6.07, 6.45) is 0.523. The first-order valence-electron chi connectivity index (χ1n) is 7.12. The molecule has 0 aliphatic carbocycles. The topological polar surface area (TPSA) is 72.9 Å². The van der Waals surface area contributed by atoms with Crippen molar-refractivity contribution in [2.75, 3.05) is 33.7 Å². The van der Waals surface area contributed by atoms with Crippen LogP contribution in [-0.4, -0.2) is 66.7 Å². The number of likely N-dealkylation sites (tertiary alicyclic amines) is 1. The van der Waals surface area contributed by atoms with E-state index >= 15 is 0 Å². The fourth-order valence-electron chi connectivity index (χ4n) is 2.79. The summed E-state index contributed by atoms with van der Waals surface area (Å²) in [5.41, 5.74) is -0.803. The van der Waals surface area contributed by atoms with Gasteiger partial charge in [-0.05, 0) is 33.4 Å². The lowest BCUT2D eigenvalue weighted by Crippen LogP contribution is -2.48. The number of urea groups is 1. The van der Waals surface area contributed by atoms with Crippen LogP contribution in [0.4, 0.5) is 4.79 Å². The highest BCUT2D eigenvalue weighted by atomic mass is 16.4. The highest BCUT2D eigenvalue weighted by Crippen LogP contribution is 2.38. The Kier molecular flexibility index (Phi) is 5.39. The van der Waals surface area contributed by atoms with Gasteiger partial charge in [0.1, 0.15) is 0 Å². The molecule has 2 atom stereocenters. The Hall–Kier alpha value is -1.30. The van der Waals surface area contributed by atoms with Crippen molar-refractivity contribution in [3.63, 3.8) is 0 Å². The van der Waals surface area contributed by atoms with Gasteiger partial charge in [0.15, 0.2) is 0 Å².